The maximum absolute atomic E-state index is 12.2. The molecule has 0 saturated carbocycles. The van der Waals surface area contributed by atoms with Crippen LogP contribution in [0.25, 0.3) is 0 Å². The largest absolute Gasteiger partial charge is 0.467 e. The number of carbonyl (C=O) groups is 2. The summed E-state index contributed by atoms with van der Waals surface area (Å²) in [5, 5.41) is 11.7. The van der Waals surface area contributed by atoms with Gasteiger partial charge in [-0.2, -0.15) is 5.26 Å². The highest BCUT2D eigenvalue weighted by atomic mass is 16.5. The van der Waals surface area contributed by atoms with Gasteiger partial charge < -0.3 is 10.1 Å². The van der Waals surface area contributed by atoms with Crippen LogP contribution >= 0.6 is 0 Å². The van der Waals surface area contributed by atoms with Crippen molar-refractivity contribution in [2.24, 2.45) is 0 Å². The molecule has 2 aromatic carbocycles. The van der Waals surface area contributed by atoms with Gasteiger partial charge in [0.15, 0.2) is 0 Å². The van der Waals surface area contributed by atoms with E-state index in [0.717, 1.165) is 11.1 Å². The number of hydrogen-bond acceptors (Lipinski definition) is 4. The van der Waals surface area contributed by atoms with Crippen molar-refractivity contribution < 1.29 is 14.3 Å². The highest BCUT2D eigenvalue weighted by molar-refractivity contribution is 5.84. The normalized spacial score (nSPS) is 11.2. The van der Waals surface area contributed by atoms with Gasteiger partial charge in [0.25, 0.3) is 0 Å². The molecule has 0 aliphatic heterocycles. The van der Waals surface area contributed by atoms with Crippen LogP contribution in [0, 0.1) is 11.3 Å². The summed E-state index contributed by atoms with van der Waals surface area (Å²) in [4.78, 5) is 24.2. The molecule has 1 N–H and O–H groups in total. The van der Waals surface area contributed by atoms with E-state index in [-0.39, 0.29) is 18.7 Å². The van der Waals surface area contributed by atoms with Crippen LogP contribution in [0.3, 0.4) is 0 Å². The number of methoxy groups -OCH3 is 1. The van der Waals surface area contributed by atoms with Gasteiger partial charge in [-0.05, 0) is 29.7 Å². The molecule has 0 heterocycles. The van der Waals surface area contributed by atoms with Crippen molar-refractivity contribution in [1.29, 1.82) is 5.26 Å². The fourth-order valence-electron chi connectivity index (χ4n) is 2.51. The predicted octanol–water partition coefficient (Wildman–Crippen LogP) is 2.39. The van der Waals surface area contributed by atoms with Crippen molar-refractivity contribution in [2.45, 2.75) is 25.3 Å². The Balaban J connectivity index is 1.98. The fraction of sp³-hybridized carbons (Fsp3) is 0.250. The van der Waals surface area contributed by atoms with Crippen LogP contribution in [0.15, 0.2) is 54.6 Å². The lowest BCUT2D eigenvalue weighted by molar-refractivity contribution is -0.145. The number of nitriles is 1. The van der Waals surface area contributed by atoms with Crippen molar-refractivity contribution in [3.8, 4) is 6.07 Å². The number of aryl methyl sites for hydroxylation is 1. The number of carbonyl (C=O) groups excluding carboxylic acids is 2. The number of rotatable bonds is 7. The average molecular weight is 336 g/mol. The molecule has 0 aromatic heterocycles. The number of ether oxygens (including phenoxy) is 1. The van der Waals surface area contributed by atoms with E-state index in [1.165, 1.54) is 7.11 Å². The van der Waals surface area contributed by atoms with Gasteiger partial charge in [0.2, 0.25) is 5.91 Å². The van der Waals surface area contributed by atoms with E-state index in [1.807, 2.05) is 36.4 Å². The lowest BCUT2D eigenvalue weighted by Crippen LogP contribution is -2.43. The summed E-state index contributed by atoms with van der Waals surface area (Å²) in [7, 11) is 1.29. The molecule has 1 atom stereocenters. The molecular weight excluding hydrogens is 316 g/mol. The molecule has 0 fully saturated rings. The Morgan fingerprint density at radius 2 is 1.84 bits per heavy atom. The molecule has 0 radical (unpaired) electrons. The Hall–Kier alpha value is -3.13. The number of benzene rings is 2. The van der Waals surface area contributed by atoms with E-state index in [0.29, 0.717) is 12.0 Å². The minimum absolute atomic E-state index is 0.212. The van der Waals surface area contributed by atoms with E-state index in [2.05, 4.69) is 11.4 Å². The van der Waals surface area contributed by atoms with Crippen LogP contribution in [0.5, 0.6) is 0 Å². The monoisotopic (exact) mass is 336 g/mol. The van der Waals surface area contributed by atoms with Crippen LogP contribution in [0.1, 0.15) is 23.1 Å². The molecule has 2 aromatic rings. The molecule has 2 rings (SSSR count). The van der Waals surface area contributed by atoms with Crippen molar-refractivity contribution in [1.82, 2.24) is 5.32 Å². The Bertz CT molecular complexity index is 766. The van der Waals surface area contributed by atoms with Crippen LogP contribution in [0.4, 0.5) is 0 Å². The van der Waals surface area contributed by atoms with Gasteiger partial charge in [0, 0.05) is 12.8 Å². The van der Waals surface area contributed by atoms with Gasteiger partial charge in [-0.25, -0.2) is 4.79 Å². The standard InChI is InChI=1S/C20H20N2O3/c1-25-20(24)18(13-16-8-5-9-17(12-16)14-21)22-19(23)11-10-15-6-3-2-4-7-15/h2-9,12,18H,10-11,13H2,1H3,(H,22,23)/t18-/m0/s1. The molecule has 1 amide bonds. The number of esters is 1. The summed E-state index contributed by atoms with van der Waals surface area (Å²) >= 11 is 0. The van der Waals surface area contributed by atoms with Crippen LogP contribution in [0.2, 0.25) is 0 Å². The number of nitrogens with one attached hydrogen (secondary N) is 1. The number of nitrogens with zero attached hydrogens (tertiary/aromatic N) is 1. The van der Waals surface area contributed by atoms with Crippen molar-refractivity contribution in [3.05, 3.63) is 71.3 Å². The maximum atomic E-state index is 12.2. The first kappa shape index (κ1) is 18.2. The molecule has 5 heteroatoms. The van der Waals surface area contributed by atoms with Crippen LogP contribution in [-0.2, 0) is 27.2 Å². The van der Waals surface area contributed by atoms with E-state index < -0.39 is 12.0 Å². The summed E-state index contributed by atoms with van der Waals surface area (Å²) in [5.74, 6) is -0.717. The van der Waals surface area contributed by atoms with Gasteiger partial charge in [0.1, 0.15) is 6.04 Å². The summed E-state index contributed by atoms with van der Waals surface area (Å²) in [6.45, 7) is 0. The summed E-state index contributed by atoms with van der Waals surface area (Å²) in [6, 6.07) is 17.9. The first-order valence-electron chi connectivity index (χ1n) is 8.02. The lowest BCUT2D eigenvalue weighted by atomic mass is 10.0. The van der Waals surface area contributed by atoms with Crippen molar-refractivity contribution >= 4 is 11.9 Å². The van der Waals surface area contributed by atoms with E-state index in [1.54, 1.807) is 18.2 Å². The second-order valence-electron chi connectivity index (χ2n) is 5.65. The number of hydrogen-bond donors (Lipinski definition) is 1. The highest BCUT2D eigenvalue weighted by Gasteiger charge is 2.22. The Labute approximate surface area is 147 Å². The molecule has 0 aliphatic carbocycles. The predicted molar refractivity (Wildman–Crippen MR) is 93.6 cm³/mol. The molecule has 0 spiro atoms. The minimum Gasteiger partial charge on any atom is -0.467 e. The fourth-order valence-corrected chi connectivity index (χ4v) is 2.51. The molecule has 128 valence electrons. The Morgan fingerprint density at radius 3 is 2.52 bits per heavy atom. The zero-order valence-electron chi connectivity index (χ0n) is 14.1. The van der Waals surface area contributed by atoms with Gasteiger partial charge in [-0.3, -0.25) is 4.79 Å². The van der Waals surface area contributed by atoms with Gasteiger partial charge in [0.05, 0.1) is 18.7 Å². The zero-order chi connectivity index (χ0) is 18.1. The Kier molecular flexibility index (Phi) is 6.73. The summed E-state index contributed by atoms with van der Waals surface area (Å²) in [6.07, 6.45) is 1.17. The number of amides is 1. The van der Waals surface area contributed by atoms with Gasteiger partial charge in [-0.15, -0.1) is 0 Å². The molecular formula is C20H20N2O3. The van der Waals surface area contributed by atoms with Crippen molar-refractivity contribution in [3.63, 3.8) is 0 Å². The zero-order valence-corrected chi connectivity index (χ0v) is 14.1. The topological polar surface area (TPSA) is 79.2 Å². The average Bonchev–Trinajstić information content (AvgIpc) is 2.66. The second kappa shape index (κ2) is 9.24. The molecule has 0 unspecified atom stereocenters. The summed E-state index contributed by atoms with van der Waals surface area (Å²) in [5.41, 5.74) is 2.36. The second-order valence-corrected chi connectivity index (χ2v) is 5.65. The van der Waals surface area contributed by atoms with Gasteiger partial charge >= 0.3 is 5.97 Å². The van der Waals surface area contributed by atoms with Crippen molar-refractivity contribution in [2.75, 3.05) is 7.11 Å². The SMILES string of the molecule is COC(=O)[C@H](Cc1cccc(C#N)c1)NC(=O)CCc1ccccc1. The molecule has 0 aliphatic rings. The smallest absolute Gasteiger partial charge is 0.328 e. The molecule has 0 saturated heterocycles. The minimum atomic E-state index is -0.776. The first-order valence-corrected chi connectivity index (χ1v) is 8.02. The van der Waals surface area contributed by atoms with E-state index in [4.69, 9.17) is 10.00 Å². The third-order valence-electron chi connectivity index (χ3n) is 3.80. The van der Waals surface area contributed by atoms with Gasteiger partial charge in [-0.1, -0.05) is 42.5 Å². The molecule has 0 bridgehead atoms. The molecule has 5 nitrogen and oxygen atoms in total. The van der Waals surface area contributed by atoms with E-state index >= 15 is 0 Å². The van der Waals surface area contributed by atoms with E-state index in [9.17, 15) is 9.59 Å². The van der Waals surface area contributed by atoms with Crippen LogP contribution < -0.4 is 5.32 Å². The lowest BCUT2D eigenvalue weighted by Gasteiger charge is -2.17. The third kappa shape index (κ3) is 5.78. The Morgan fingerprint density at radius 1 is 1.12 bits per heavy atom. The first-order chi connectivity index (χ1) is 12.1. The third-order valence-corrected chi connectivity index (χ3v) is 3.80. The summed E-state index contributed by atoms with van der Waals surface area (Å²) < 4.78 is 4.79. The quantitative estimate of drug-likeness (QED) is 0.788. The maximum Gasteiger partial charge on any atom is 0.328 e. The molecule has 25 heavy (non-hydrogen) atoms. The van der Waals surface area contributed by atoms with Crippen LogP contribution in [-0.4, -0.2) is 25.0 Å². The highest BCUT2D eigenvalue weighted by Crippen LogP contribution is 2.09.